The van der Waals surface area contributed by atoms with Crippen LogP contribution >= 0.6 is 0 Å². The van der Waals surface area contributed by atoms with E-state index in [0.717, 1.165) is 12.8 Å². The number of rotatable bonds is 6. The van der Waals surface area contributed by atoms with E-state index in [1.54, 1.807) is 6.92 Å². The first-order valence-electron chi connectivity index (χ1n) is 6.53. The van der Waals surface area contributed by atoms with E-state index < -0.39 is 5.79 Å². The Morgan fingerprint density at radius 3 is 2.72 bits per heavy atom. The average molecular weight is 256 g/mol. The fourth-order valence-electron chi connectivity index (χ4n) is 2.05. The van der Waals surface area contributed by atoms with E-state index in [9.17, 15) is 4.79 Å². The molecule has 0 N–H and O–H groups in total. The van der Waals surface area contributed by atoms with Gasteiger partial charge in [0.25, 0.3) is 0 Å². The van der Waals surface area contributed by atoms with Crippen molar-refractivity contribution in [3.8, 4) is 0 Å². The number of carbonyl (C=O) groups is 1. The van der Waals surface area contributed by atoms with Crippen LogP contribution in [0.1, 0.15) is 40.5 Å². The van der Waals surface area contributed by atoms with E-state index in [4.69, 9.17) is 14.2 Å². The summed E-state index contributed by atoms with van der Waals surface area (Å²) in [6.45, 7) is 12.2. The van der Waals surface area contributed by atoms with Crippen molar-refractivity contribution in [2.24, 2.45) is 5.92 Å². The van der Waals surface area contributed by atoms with Crippen LogP contribution in [0.2, 0.25) is 0 Å². The number of esters is 1. The second kappa shape index (κ2) is 6.34. The topological polar surface area (TPSA) is 44.8 Å². The maximum Gasteiger partial charge on any atom is 0.333 e. The van der Waals surface area contributed by atoms with Gasteiger partial charge in [-0.15, -0.1) is 0 Å². The van der Waals surface area contributed by atoms with Gasteiger partial charge in [0.05, 0.1) is 6.61 Å². The van der Waals surface area contributed by atoms with Gasteiger partial charge in [-0.1, -0.05) is 27.4 Å². The van der Waals surface area contributed by atoms with E-state index in [2.05, 4.69) is 20.4 Å². The highest BCUT2D eigenvalue weighted by atomic mass is 16.8. The second-order valence-corrected chi connectivity index (χ2v) is 5.29. The molecule has 1 aliphatic rings. The zero-order chi connectivity index (χ0) is 13.8. The van der Waals surface area contributed by atoms with E-state index in [1.807, 2.05) is 6.92 Å². The summed E-state index contributed by atoms with van der Waals surface area (Å²) in [7, 11) is 0. The molecule has 4 heteroatoms. The van der Waals surface area contributed by atoms with Gasteiger partial charge < -0.3 is 14.2 Å². The predicted molar refractivity (Wildman–Crippen MR) is 69.1 cm³/mol. The number of carbonyl (C=O) groups excluding carboxylic acids is 1. The third-order valence-corrected chi connectivity index (χ3v) is 2.92. The van der Waals surface area contributed by atoms with Crippen LogP contribution in [-0.4, -0.2) is 31.1 Å². The van der Waals surface area contributed by atoms with Gasteiger partial charge in [-0.3, -0.25) is 0 Å². The van der Waals surface area contributed by atoms with Crippen molar-refractivity contribution >= 4 is 5.97 Å². The number of hydrogen-bond acceptors (Lipinski definition) is 4. The summed E-state index contributed by atoms with van der Waals surface area (Å²) in [5, 5.41) is 0. The van der Waals surface area contributed by atoms with Crippen LogP contribution in [0.5, 0.6) is 0 Å². The molecule has 0 aliphatic carbocycles. The van der Waals surface area contributed by atoms with Crippen molar-refractivity contribution < 1.29 is 19.0 Å². The first-order chi connectivity index (χ1) is 8.38. The lowest BCUT2D eigenvalue weighted by molar-refractivity contribution is -0.186. The second-order valence-electron chi connectivity index (χ2n) is 5.29. The molecule has 1 fully saturated rings. The van der Waals surface area contributed by atoms with Crippen molar-refractivity contribution in [1.29, 1.82) is 0 Å². The van der Waals surface area contributed by atoms with Crippen molar-refractivity contribution in [3.05, 3.63) is 12.2 Å². The molecule has 0 radical (unpaired) electrons. The summed E-state index contributed by atoms with van der Waals surface area (Å²) in [5.41, 5.74) is 0.401. The normalized spacial score (nSPS) is 27.5. The molecular formula is C14H24O4. The number of ether oxygens (including phenoxy) is 3. The molecular weight excluding hydrogens is 232 g/mol. The Hall–Kier alpha value is -0.870. The Labute approximate surface area is 109 Å². The predicted octanol–water partition coefficient (Wildman–Crippen LogP) is 2.67. The van der Waals surface area contributed by atoms with Gasteiger partial charge >= 0.3 is 5.97 Å². The van der Waals surface area contributed by atoms with E-state index in [0.29, 0.717) is 18.1 Å². The quantitative estimate of drug-likeness (QED) is 0.541. The van der Waals surface area contributed by atoms with Gasteiger partial charge in [0, 0.05) is 12.0 Å². The molecule has 1 aliphatic heterocycles. The third-order valence-electron chi connectivity index (χ3n) is 2.92. The van der Waals surface area contributed by atoms with Crippen LogP contribution in [0.4, 0.5) is 0 Å². The standard InChI is InChI=1S/C14H24O4/c1-6-14(7-10(2)3)17-9-12(18-14)8-16-13(15)11(4)5/h10,12H,4,6-9H2,1-3,5H3. The minimum absolute atomic E-state index is 0.174. The Morgan fingerprint density at radius 2 is 2.22 bits per heavy atom. The Kier molecular flexibility index (Phi) is 5.35. The van der Waals surface area contributed by atoms with Crippen LogP contribution in [0.25, 0.3) is 0 Å². The van der Waals surface area contributed by atoms with Crippen molar-refractivity contribution in [2.45, 2.75) is 52.4 Å². The molecule has 1 rings (SSSR count). The zero-order valence-electron chi connectivity index (χ0n) is 11.8. The summed E-state index contributed by atoms with van der Waals surface area (Å²) in [5.74, 6) is -0.382. The van der Waals surface area contributed by atoms with Crippen molar-refractivity contribution in [1.82, 2.24) is 0 Å². The lowest BCUT2D eigenvalue weighted by atomic mass is 10.0. The first kappa shape index (κ1) is 15.2. The summed E-state index contributed by atoms with van der Waals surface area (Å²) in [6.07, 6.45) is 1.48. The maximum absolute atomic E-state index is 11.3. The largest absolute Gasteiger partial charge is 0.459 e. The van der Waals surface area contributed by atoms with Gasteiger partial charge in [-0.25, -0.2) is 4.79 Å². The molecule has 0 bridgehead atoms. The maximum atomic E-state index is 11.3. The van der Waals surface area contributed by atoms with Crippen LogP contribution in [0.15, 0.2) is 12.2 Å². The molecule has 0 aromatic carbocycles. The average Bonchev–Trinajstić information content (AvgIpc) is 2.69. The lowest BCUT2D eigenvalue weighted by Gasteiger charge is -2.28. The molecule has 4 nitrogen and oxygen atoms in total. The minimum atomic E-state index is -0.505. The molecule has 0 aromatic rings. The molecule has 0 aromatic heterocycles. The zero-order valence-corrected chi connectivity index (χ0v) is 11.8. The molecule has 0 spiro atoms. The fraction of sp³-hybridized carbons (Fsp3) is 0.786. The molecule has 1 saturated heterocycles. The van der Waals surface area contributed by atoms with Gasteiger partial charge in [-0.05, 0) is 19.3 Å². The Morgan fingerprint density at radius 1 is 1.56 bits per heavy atom. The van der Waals surface area contributed by atoms with E-state index in [1.165, 1.54) is 0 Å². The summed E-state index contributed by atoms with van der Waals surface area (Å²) >= 11 is 0. The smallest absolute Gasteiger partial charge is 0.333 e. The summed E-state index contributed by atoms with van der Waals surface area (Å²) in [4.78, 5) is 11.3. The van der Waals surface area contributed by atoms with E-state index in [-0.39, 0.29) is 18.7 Å². The van der Waals surface area contributed by atoms with Crippen LogP contribution in [-0.2, 0) is 19.0 Å². The highest BCUT2D eigenvalue weighted by Gasteiger charge is 2.40. The van der Waals surface area contributed by atoms with Gasteiger partial charge in [0.1, 0.15) is 12.7 Å². The van der Waals surface area contributed by atoms with Crippen molar-refractivity contribution in [2.75, 3.05) is 13.2 Å². The third kappa shape index (κ3) is 4.10. The Balaban J connectivity index is 2.44. The van der Waals surface area contributed by atoms with Gasteiger partial charge in [-0.2, -0.15) is 0 Å². The van der Waals surface area contributed by atoms with Crippen molar-refractivity contribution in [3.63, 3.8) is 0 Å². The van der Waals surface area contributed by atoms with E-state index >= 15 is 0 Å². The monoisotopic (exact) mass is 256 g/mol. The Bertz CT molecular complexity index is 311. The molecule has 1 heterocycles. The molecule has 2 unspecified atom stereocenters. The van der Waals surface area contributed by atoms with Crippen LogP contribution < -0.4 is 0 Å². The minimum Gasteiger partial charge on any atom is -0.459 e. The molecule has 18 heavy (non-hydrogen) atoms. The van der Waals surface area contributed by atoms with Gasteiger partial charge in [0.15, 0.2) is 5.79 Å². The molecule has 104 valence electrons. The van der Waals surface area contributed by atoms with Crippen LogP contribution in [0, 0.1) is 5.92 Å². The first-order valence-corrected chi connectivity index (χ1v) is 6.53. The van der Waals surface area contributed by atoms with Crippen LogP contribution in [0.3, 0.4) is 0 Å². The molecule has 2 atom stereocenters. The fourth-order valence-corrected chi connectivity index (χ4v) is 2.05. The van der Waals surface area contributed by atoms with Gasteiger partial charge in [0.2, 0.25) is 0 Å². The number of hydrogen-bond donors (Lipinski definition) is 0. The highest BCUT2D eigenvalue weighted by Crippen LogP contribution is 2.33. The summed E-state index contributed by atoms with van der Waals surface area (Å²) in [6, 6.07) is 0. The SMILES string of the molecule is C=C(C)C(=O)OCC1COC(CC)(CC(C)C)O1. The summed E-state index contributed by atoms with van der Waals surface area (Å²) < 4.78 is 16.8. The highest BCUT2D eigenvalue weighted by molar-refractivity contribution is 5.86. The lowest BCUT2D eigenvalue weighted by Crippen LogP contribution is -2.32. The molecule has 0 saturated carbocycles. The molecule has 0 amide bonds.